The Morgan fingerprint density at radius 2 is 1.71 bits per heavy atom. The Bertz CT molecular complexity index is 1300. The molecule has 3 aromatic rings. The van der Waals surface area contributed by atoms with Crippen molar-refractivity contribution in [3.63, 3.8) is 0 Å². The van der Waals surface area contributed by atoms with Crippen molar-refractivity contribution in [2.45, 2.75) is 18.4 Å². The zero-order valence-electron chi connectivity index (χ0n) is 19.7. The van der Waals surface area contributed by atoms with Crippen molar-refractivity contribution >= 4 is 33.2 Å². The van der Waals surface area contributed by atoms with Gasteiger partial charge in [0.2, 0.25) is 10.0 Å². The summed E-state index contributed by atoms with van der Waals surface area (Å²) in [6.45, 7) is 4.65. The fourth-order valence-corrected chi connectivity index (χ4v) is 5.68. The number of anilines is 1. The van der Waals surface area contributed by atoms with Gasteiger partial charge in [-0.2, -0.15) is 4.31 Å². The average molecular weight is 514 g/mol. The second-order valence-corrected chi connectivity index (χ2v) is 10.8. The van der Waals surface area contributed by atoms with E-state index in [2.05, 4.69) is 10.2 Å². The molecule has 0 aromatic heterocycles. The number of ether oxygens (including phenoxy) is 1. The van der Waals surface area contributed by atoms with Crippen molar-refractivity contribution < 1.29 is 17.9 Å². The molecule has 184 valence electrons. The predicted molar refractivity (Wildman–Crippen MR) is 138 cm³/mol. The van der Waals surface area contributed by atoms with E-state index < -0.39 is 10.0 Å². The van der Waals surface area contributed by atoms with E-state index in [0.717, 1.165) is 11.1 Å². The molecule has 1 N–H and O–H groups in total. The van der Waals surface area contributed by atoms with E-state index in [1.165, 1.54) is 11.4 Å². The van der Waals surface area contributed by atoms with Crippen molar-refractivity contribution in [1.82, 2.24) is 9.21 Å². The van der Waals surface area contributed by atoms with E-state index >= 15 is 0 Å². The van der Waals surface area contributed by atoms with Gasteiger partial charge in [-0.15, -0.1) is 0 Å². The van der Waals surface area contributed by atoms with Crippen LogP contribution in [0.1, 0.15) is 21.5 Å². The number of nitrogens with one attached hydrogen (secondary N) is 1. The molecule has 1 fully saturated rings. The number of nitrogens with zero attached hydrogens (tertiary/aromatic N) is 2. The molecule has 0 atom stereocenters. The van der Waals surface area contributed by atoms with Crippen LogP contribution in [0.5, 0.6) is 5.75 Å². The summed E-state index contributed by atoms with van der Waals surface area (Å²) in [6, 6.07) is 19.5. The molecule has 0 spiro atoms. The number of sulfonamides is 1. The minimum absolute atomic E-state index is 0.234. The molecule has 0 aliphatic carbocycles. The minimum Gasteiger partial charge on any atom is -0.495 e. The Morgan fingerprint density at radius 3 is 2.37 bits per heavy atom. The van der Waals surface area contributed by atoms with E-state index in [1.54, 1.807) is 36.4 Å². The summed E-state index contributed by atoms with van der Waals surface area (Å²) >= 11 is 6.15. The van der Waals surface area contributed by atoms with E-state index in [9.17, 15) is 13.2 Å². The van der Waals surface area contributed by atoms with Crippen LogP contribution in [0, 0.1) is 6.92 Å². The van der Waals surface area contributed by atoms with Gasteiger partial charge in [0.15, 0.2) is 0 Å². The molecule has 4 rings (SSSR count). The SMILES string of the molecule is COc1ccc(NC(=O)c2cccc(CN3CCN(S(=O)(=O)c4ccc(C)cc4)CC3)c2)cc1Cl. The van der Waals surface area contributed by atoms with Gasteiger partial charge in [-0.05, 0) is 55.0 Å². The summed E-state index contributed by atoms with van der Waals surface area (Å²) in [7, 11) is -1.96. The topological polar surface area (TPSA) is 79.0 Å². The number of hydrogen-bond donors (Lipinski definition) is 1. The number of halogens is 1. The number of methoxy groups -OCH3 is 1. The van der Waals surface area contributed by atoms with Gasteiger partial charge in [0, 0.05) is 44.0 Å². The third-order valence-electron chi connectivity index (χ3n) is 6.00. The standard InChI is InChI=1S/C26H28ClN3O4S/c1-19-6-9-23(10-7-19)35(32,33)30-14-12-29(13-15-30)18-20-4-3-5-21(16-20)26(31)28-22-8-11-25(34-2)24(27)17-22/h3-11,16-17H,12-15,18H2,1-2H3,(H,28,31). The summed E-state index contributed by atoms with van der Waals surface area (Å²) < 4.78 is 32.6. The van der Waals surface area contributed by atoms with Gasteiger partial charge >= 0.3 is 0 Å². The van der Waals surface area contributed by atoms with Crippen LogP contribution in [-0.2, 0) is 16.6 Å². The lowest BCUT2D eigenvalue weighted by Gasteiger charge is -2.34. The summed E-state index contributed by atoms with van der Waals surface area (Å²) in [6.07, 6.45) is 0. The summed E-state index contributed by atoms with van der Waals surface area (Å²) in [5, 5.41) is 3.28. The lowest BCUT2D eigenvalue weighted by Crippen LogP contribution is -2.48. The van der Waals surface area contributed by atoms with Crippen LogP contribution in [0.3, 0.4) is 0 Å². The monoisotopic (exact) mass is 513 g/mol. The molecule has 1 amide bonds. The fourth-order valence-electron chi connectivity index (χ4n) is 4.00. The van der Waals surface area contributed by atoms with Gasteiger partial charge < -0.3 is 10.1 Å². The lowest BCUT2D eigenvalue weighted by atomic mass is 10.1. The first-order valence-electron chi connectivity index (χ1n) is 11.3. The van der Waals surface area contributed by atoms with Crippen LogP contribution < -0.4 is 10.1 Å². The first-order chi connectivity index (χ1) is 16.8. The summed E-state index contributed by atoms with van der Waals surface area (Å²) in [4.78, 5) is 15.3. The molecular weight excluding hydrogens is 486 g/mol. The first kappa shape index (κ1) is 25.2. The third-order valence-corrected chi connectivity index (χ3v) is 8.20. The second kappa shape index (κ2) is 10.8. The van der Waals surface area contributed by atoms with Crippen molar-refractivity contribution in [1.29, 1.82) is 0 Å². The van der Waals surface area contributed by atoms with E-state index in [-0.39, 0.29) is 5.91 Å². The average Bonchev–Trinajstić information content (AvgIpc) is 2.85. The number of benzene rings is 3. The van der Waals surface area contributed by atoms with Gasteiger partial charge in [-0.1, -0.05) is 41.4 Å². The third kappa shape index (κ3) is 6.02. The van der Waals surface area contributed by atoms with Crippen LogP contribution in [-0.4, -0.2) is 56.8 Å². The molecule has 7 nitrogen and oxygen atoms in total. The number of aryl methyl sites for hydroxylation is 1. The van der Waals surface area contributed by atoms with Gasteiger partial charge in [-0.3, -0.25) is 9.69 Å². The number of carbonyl (C=O) groups is 1. The first-order valence-corrected chi connectivity index (χ1v) is 13.1. The summed E-state index contributed by atoms with van der Waals surface area (Å²) in [5.74, 6) is 0.306. The smallest absolute Gasteiger partial charge is 0.255 e. The minimum atomic E-state index is -3.49. The number of piperazine rings is 1. The van der Waals surface area contributed by atoms with Crippen molar-refractivity contribution in [3.05, 3.63) is 88.4 Å². The Kier molecular flexibility index (Phi) is 7.76. The van der Waals surface area contributed by atoms with Gasteiger partial charge in [0.1, 0.15) is 5.75 Å². The number of hydrogen-bond acceptors (Lipinski definition) is 5. The zero-order valence-corrected chi connectivity index (χ0v) is 21.3. The van der Waals surface area contributed by atoms with Crippen LogP contribution in [0.4, 0.5) is 5.69 Å². The Morgan fingerprint density at radius 1 is 1.00 bits per heavy atom. The molecule has 0 radical (unpaired) electrons. The molecule has 1 aliphatic rings. The number of amides is 1. The molecule has 1 aliphatic heterocycles. The van der Waals surface area contributed by atoms with E-state index in [0.29, 0.717) is 59.6 Å². The molecule has 3 aromatic carbocycles. The second-order valence-electron chi connectivity index (χ2n) is 8.50. The van der Waals surface area contributed by atoms with E-state index in [4.69, 9.17) is 16.3 Å². The maximum atomic E-state index is 12.9. The van der Waals surface area contributed by atoms with Crippen LogP contribution in [0.15, 0.2) is 71.6 Å². The maximum absolute atomic E-state index is 12.9. The Balaban J connectivity index is 1.36. The fraction of sp³-hybridized carbons (Fsp3) is 0.269. The highest BCUT2D eigenvalue weighted by molar-refractivity contribution is 7.89. The molecule has 1 saturated heterocycles. The van der Waals surface area contributed by atoms with Crippen LogP contribution in [0.25, 0.3) is 0 Å². The number of rotatable bonds is 7. The van der Waals surface area contributed by atoms with Crippen molar-refractivity contribution in [2.24, 2.45) is 0 Å². The molecule has 1 heterocycles. The van der Waals surface area contributed by atoms with Gasteiger partial charge in [0.05, 0.1) is 17.0 Å². The highest BCUT2D eigenvalue weighted by Crippen LogP contribution is 2.27. The van der Waals surface area contributed by atoms with E-state index in [1.807, 2.05) is 37.3 Å². The Hall–Kier alpha value is -2.91. The van der Waals surface area contributed by atoms with Crippen molar-refractivity contribution in [3.8, 4) is 5.75 Å². The van der Waals surface area contributed by atoms with Gasteiger partial charge in [0.25, 0.3) is 5.91 Å². The normalized spacial score (nSPS) is 15.1. The summed E-state index contributed by atoms with van der Waals surface area (Å²) in [5.41, 5.74) is 3.13. The lowest BCUT2D eigenvalue weighted by molar-refractivity contribution is 0.102. The van der Waals surface area contributed by atoms with Crippen LogP contribution in [0.2, 0.25) is 5.02 Å². The maximum Gasteiger partial charge on any atom is 0.255 e. The molecule has 35 heavy (non-hydrogen) atoms. The molecule has 0 unspecified atom stereocenters. The number of carbonyl (C=O) groups excluding carboxylic acids is 1. The molecular formula is C26H28ClN3O4S. The predicted octanol–water partition coefficient (Wildman–Crippen LogP) is 4.42. The highest BCUT2D eigenvalue weighted by Gasteiger charge is 2.28. The zero-order chi connectivity index (χ0) is 25.0. The highest BCUT2D eigenvalue weighted by atomic mass is 35.5. The quantitative estimate of drug-likeness (QED) is 0.506. The van der Waals surface area contributed by atoms with Gasteiger partial charge in [-0.25, -0.2) is 8.42 Å². The van der Waals surface area contributed by atoms with Crippen molar-refractivity contribution in [2.75, 3.05) is 38.6 Å². The molecule has 0 bridgehead atoms. The Labute approximate surface area is 211 Å². The van der Waals surface area contributed by atoms with Crippen LogP contribution >= 0.6 is 11.6 Å². The molecule has 9 heteroatoms. The molecule has 0 saturated carbocycles. The largest absolute Gasteiger partial charge is 0.495 e.